The lowest BCUT2D eigenvalue weighted by Crippen LogP contribution is -2.14. The van der Waals surface area contributed by atoms with Gasteiger partial charge in [-0.3, -0.25) is 0 Å². The molecule has 1 aliphatic carbocycles. The van der Waals surface area contributed by atoms with Crippen molar-refractivity contribution in [2.75, 3.05) is 16.0 Å². The largest absolute Gasteiger partial charge is 0.367 e. The van der Waals surface area contributed by atoms with E-state index in [1.807, 2.05) is 36.9 Å². The molecule has 0 radical (unpaired) electrons. The standard InChI is InChI=1S/C20H21FN10/c1-11(17-22-7-12(21)8-23-17)25-20-29-18-14(5-6-15(27-18)26-13-3-4-13)19(30-20)28-16-9-31(2)10-24-16/h5-11,13H,3-4H2,1-2H3,(H3,25,26,27,28,29,30)/t11-/m1/s1. The quantitative estimate of drug-likeness (QED) is 0.414. The van der Waals surface area contributed by atoms with E-state index in [0.29, 0.717) is 35.1 Å². The number of nitrogens with one attached hydrogen (secondary N) is 3. The maximum Gasteiger partial charge on any atom is 0.227 e. The van der Waals surface area contributed by atoms with Gasteiger partial charge >= 0.3 is 0 Å². The predicted molar refractivity (Wildman–Crippen MR) is 114 cm³/mol. The molecule has 31 heavy (non-hydrogen) atoms. The summed E-state index contributed by atoms with van der Waals surface area (Å²) < 4.78 is 15.0. The molecular formula is C20H21FN10. The van der Waals surface area contributed by atoms with Gasteiger partial charge in [-0.1, -0.05) is 0 Å². The highest BCUT2D eigenvalue weighted by atomic mass is 19.1. The molecule has 4 aromatic heterocycles. The zero-order valence-electron chi connectivity index (χ0n) is 17.0. The third-order valence-corrected chi connectivity index (χ3v) is 4.81. The summed E-state index contributed by atoms with van der Waals surface area (Å²) in [4.78, 5) is 26.2. The van der Waals surface area contributed by atoms with Crippen LogP contribution in [-0.2, 0) is 7.05 Å². The van der Waals surface area contributed by atoms with Crippen LogP contribution >= 0.6 is 0 Å². The van der Waals surface area contributed by atoms with Gasteiger partial charge in [0.2, 0.25) is 5.95 Å². The van der Waals surface area contributed by atoms with Gasteiger partial charge in [-0.25, -0.2) is 24.3 Å². The highest BCUT2D eigenvalue weighted by Crippen LogP contribution is 2.28. The third-order valence-electron chi connectivity index (χ3n) is 4.81. The molecule has 1 fully saturated rings. The molecule has 0 bridgehead atoms. The van der Waals surface area contributed by atoms with E-state index in [-0.39, 0.29) is 6.04 Å². The van der Waals surface area contributed by atoms with Crippen molar-refractivity contribution < 1.29 is 4.39 Å². The first kappa shape index (κ1) is 19.1. The summed E-state index contributed by atoms with van der Waals surface area (Å²) in [6.07, 6.45) is 8.12. The van der Waals surface area contributed by atoms with Crippen LogP contribution in [0, 0.1) is 5.82 Å². The Kier molecular flexibility index (Phi) is 4.77. The van der Waals surface area contributed by atoms with Crippen molar-refractivity contribution in [3.05, 3.63) is 48.7 Å². The first-order valence-electron chi connectivity index (χ1n) is 9.98. The summed E-state index contributed by atoms with van der Waals surface area (Å²) >= 11 is 0. The second-order valence-electron chi connectivity index (χ2n) is 7.56. The number of hydrogen-bond donors (Lipinski definition) is 3. The van der Waals surface area contributed by atoms with Crippen molar-refractivity contribution in [1.29, 1.82) is 0 Å². The van der Waals surface area contributed by atoms with E-state index in [4.69, 9.17) is 0 Å². The molecule has 4 aromatic rings. The van der Waals surface area contributed by atoms with Gasteiger partial charge in [0.25, 0.3) is 0 Å². The first-order chi connectivity index (χ1) is 15.0. The number of rotatable bonds is 7. The molecule has 0 aromatic carbocycles. The Balaban J connectivity index is 1.50. The molecule has 0 spiro atoms. The molecule has 0 unspecified atom stereocenters. The number of anilines is 4. The maximum atomic E-state index is 13.1. The SMILES string of the molecule is C[C@@H](Nc1nc(Nc2cn(C)cn2)c2ccc(NC3CC3)nc2n1)c1ncc(F)cn1. The number of fused-ring (bicyclic) bond motifs is 1. The Labute approximate surface area is 177 Å². The average Bonchev–Trinajstić information content (AvgIpc) is 3.47. The van der Waals surface area contributed by atoms with Gasteiger partial charge < -0.3 is 20.5 Å². The molecule has 3 N–H and O–H groups in total. The minimum absolute atomic E-state index is 0.339. The van der Waals surface area contributed by atoms with Crippen LogP contribution in [0.25, 0.3) is 11.0 Å². The fourth-order valence-corrected chi connectivity index (χ4v) is 3.09. The Morgan fingerprint density at radius 3 is 2.58 bits per heavy atom. The third kappa shape index (κ3) is 4.34. The van der Waals surface area contributed by atoms with E-state index in [0.717, 1.165) is 36.4 Å². The Bertz CT molecular complexity index is 1220. The number of nitrogens with zero attached hydrogens (tertiary/aromatic N) is 7. The smallest absolute Gasteiger partial charge is 0.227 e. The second-order valence-corrected chi connectivity index (χ2v) is 7.56. The molecule has 1 saturated carbocycles. The van der Waals surface area contributed by atoms with E-state index in [2.05, 4.69) is 45.9 Å². The van der Waals surface area contributed by atoms with Crippen molar-refractivity contribution >= 4 is 34.4 Å². The molecule has 10 nitrogen and oxygen atoms in total. The van der Waals surface area contributed by atoms with Gasteiger partial charge in [-0.05, 0) is 31.9 Å². The summed E-state index contributed by atoms with van der Waals surface area (Å²) in [6.45, 7) is 1.85. The van der Waals surface area contributed by atoms with E-state index < -0.39 is 5.82 Å². The summed E-state index contributed by atoms with van der Waals surface area (Å²) in [7, 11) is 1.89. The zero-order chi connectivity index (χ0) is 21.4. The molecule has 1 atom stereocenters. The minimum atomic E-state index is -0.486. The van der Waals surface area contributed by atoms with Crippen LogP contribution < -0.4 is 16.0 Å². The minimum Gasteiger partial charge on any atom is -0.367 e. The summed E-state index contributed by atoms with van der Waals surface area (Å²) in [5, 5.41) is 10.6. The van der Waals surface area contributed by atoms with Crippen molar-refractivity contribution in [3.8, 4) is 0 Å². The van der Waals surface area contributed by atoms with Gasteiger partial charge in [-0.2, -0.15) is 9.97 Å². The highest BCUT2D eigenvalue weighted by Gasteiger charge is 2.22. The fraction of sp³-hybridized carbons (Fsp3) is 0.300. The fourth-order valence-electron chi connectivity index (χ4n) is 3.09. The summed E-state index contributed by atoms with van der Waals surface area (Å²) in [5.41, 5.74) is 0.536. The number of halogens is 1. The summed E-state index contributed by atoms with van der Waals surface area (Å²) in [6, 6.07) is 4.00. The van der Waals surface area contributed by atoms with Gasteiger partial charge in [-0.15, -0.1) is 0 Å². The topological polar surface area (TPSA) is 118 Å². The monoisotopic (exact) mass is 420 g/mol. The highest BCUT2D eigenvalue weighted by molar-refractivity contribution is 5.90. The van der Waals surface area contributed by atoms with E-state index in [1.54, 1.807) is 6.33 Å². The Morgan fingerprint density at radius 1 is 1.06 bits per heavy atom. The zero-order valence-corrected chi connectivity index (χ0v) is 17.0. The van der Waals surface area contributed by atoms with Crippen LogP contribution in [0.5, 0.6) is 0 Å². The lowest BCUT2D eigenvalue weighted by molar-refractivity contribution is 0.604. The van der Waals surface area contributed by atoms with E-state index in [1.165, 1.54) is 0 Å². The normalized spacial score (nSPS) is 14.4. The number of hydrogen-bond acceptors (Lipinski definition) is 9. The van der Waals surface area contributed by atoms with Crippen LogP contribution in [0.4, 0.5) is 27.8 Å². The maximum absolute atomic E-state index is 13.1. The number of imidazole rings is 1. The van der Waals surface area contributed by atoms with Crippen molar-refractivity contribution in [2.45, 2.75) is 31.8 Å². The van der Waals surface area contributed by atoms with Crippen LogP contribution in [0.2, 0.25) is 0 Å². The second kappa shape index (κ2) is 7.74. The number of pyridine rings is 1. The molecule has 158 valence electrons. The van der Waals surface area contributed by atoms with Gasteiger partial charge in [0.1, 0.15) is 23.3 Å². The average molecular weight is 420 g/mol. The summed E-state index contributed by atoms with van der Waals surface area (Å²) in [5.74, 6) is 2.30. The number of aromatic nitrogens is 7. The molecule has 1 aliphatic rings. The Hall–Kier alpha value is -3.89. The van der Waals surface area contributed by atoms with Gasteiger partial charge in [0.15, 0.2) is 11.5 Å². The van der Waals surface area contributed by atoms with Gasteiger partial charge in [0.05, 0.1) is 30.1 Å². The van der Waals surface area contributed by atoms with Crippen molar-refractivity contribution in [2.24, 2.45) is 7.05 Å². The lowest BCUT2D eigenvalue weighted by Gasteiger charge is -2.15. The van der Waals surface area contributed by atoms with E-state index >= 15 is 0 Å². The molecule has 5 rings (SSSR count). The number of aryl methyl sites for hydroxylation is 1. The molecule has 11 heteroatoms. The van der Waals surface area contributed by atoms with Gasteiger partial charge in [0, 0.05) is 19.3 Å². The molecule has 0 amide bonds. The van der Waals surface area contributed by atoms with Crippen molar-refractivity contribution in [1.82, 2.24) is 34.5 Å². The molecule has 4 heterocycles. The van der Waals surface area contributed by atoms with E-state index in [9.17, 15) is 4.39 Å². The molecule has 0 aliphatic heterocycles. The van der Waals surface area contributed by atoms with Crippen LogP contribution in [0.3, 0.4) is 0 Å². The Morgan fingerprint density at radius 2 is 1.87 bits per heavy atom. The van der Waals surface area contributed by atoms with Crippen LogP contribution in [0.1, 0.15) is 31.6 Å². The molecular weight excluding hydrogens is 399 g/mol. The van der Waals surface area contributed by atoms with Crippen LogP contribution in [-0.4, -0.2) is 40.5 Å². The van der Waals surface area contributed by atoms with Crippen LogP contribution in [0.15, 0.2) is 37.1 Å². The first-order valence-corrected chi connectivity index (χ1v) is 9.98. The lowest BCUT2D eigenvalue weighted by atomic mass is 10.3. The van der Waals surface area contributed by atoms with Crippen molar-refractivity contribution in [3.63, 3.8) is 0 Å². The predicted octanol–water partition coefficient (Wildman–Crippen LogP) is 3.18. The molecule has 0 saturated heterocycles.